The molecular weight excluding hydrogens is 172 g/mol. The predicted molar refractivity (Wildman–Crippen MR) is 59.3 cm³/mol. The van der Waals surface area contributed by atoms with Crippen LogP contribution < -0.4 is 4.57 Å². The van der Waals surface area contributed by atoms with Crippen LogP contribution in [0.4, 0.5) is 0 Å². The van der Waals surface area contributed by atoms with E-state index in [-0.39, 0.29) is 0 Å². The first-order valence-electron chi connectivity index (χ1n) is 5.79. The van der Waals surface area contributed by atoms with Gasteiger partial charge in [-0.2, -0.15) is 0 Å². The van der Waals surface area contributed by atoms with Crippen molar-refractivity contribution in [3.8, 4) is 0 Å². The minimum atomic E-state index is 0.578. The van der Waals surface area contributed by atoms with E-state index in [1.807, 2.05) is 0 Å². The van der Waals surface area contributed by atoms with Gasteiger partial charge in [0.15, 0.2) is 0 Å². The van der Waals surface area contributed by atoms with E-state index in [9.17, 15) is 0 Å². The normalized spacial score (nSPS) is 11.2. The van der Waals surface area contributed by atoms with Crippen LogP contribution in [0.25, 0.3) is 0 Å². The number of unbranched alkanes of at least 4 members (excludes halogenated alkanes) is 1. The van der Waals surface area contributed by atoms with Gasteiger partial charge in [-0.15, -0.1) is 0 Å². The molecule has 0 saturated heterocycles. The fourth-order valence-electron chi connectivity index (χ4n) is 1.84. The first-order valence-corrected chi connectivity index (χ1v) is 5.79. The lowest BCUT2D eigenvalue weighted by molar-refractivity contribution is -0.700. The summed E-state index contributed by atoms with van der Waals surface area (Å²) in [6.07, 6.45) is 8.17. The van der Waals surface area contributed by atoms with Crippen molar-refractivity contribution in [3.63, 3.8) is 0 Å². The first kappa shape index (κ1) is 11.3. The molecule has 0 aliphatic rings. The average Bonchev–Trinajstić information content (AvgIpc) is 2.57. The number of rotatable bonds is 5. The van der Waals surface area contributed by atoms with E-state index in [4.69, 9.17) is 0 Å². The lowest BCUT2D eigenvalue weighted by Crippen LogP contribution is -2.36. The maximum Gasteiger partial charge on any atom is 0.256 e. The SMILES string of the molecule is CCCCc1n(C(C)C)cc[n+]1CC. The van der Waals surface area contributed by atoms with Crippen LogP contribution in [-0.2, 0) is 13.0 Å². The van der Waals surface area contributed by atoms with Crippen LogP contribution >= 0.6 is 0 Å². The molecule has 1 aromatic heterocycles. The second-order valence-corrected chi connectivity index (χ2v) is 4.10. The maximum atomic E-state index is 2.39. The van der Waals surface area contributed by atoms with E-state index >= 15 is 0 Å². The molecule has 0 spiro atoms. The summed E-state index contributed by atoms with van der Waals surface area (Å²) in [4.78, 5) is 0. The Morgan fingerprint density at radius 3 is 2.57 bits per heavy atom. The minimum absolute atomic E-state index is 0.578. The highest BCUT2D eigenvalue weighted by atomic mass is 15.2. The van der Waals surface area contributed by atoms with Gasteiger partial charge in [0.25, 0.3) is 5.82 Å². The zero-order valence-corrected chi connectivity index (χ0v) is 9.95. The fraction of sp³-hybridized carbons (Fsp3) is 0.750. The number of aromatic nitrogens is 2. The van der Waals surface area contributed by atoms with Gasteiger partial charge in [0, 0.05) is 6.42 Å². The van der Waals surface area contributed by atoms with E-state index in [1.165, 1.54) is 25.1 Å². The average molecular weight is 195 g/mol. The lowest BCUT2D eigenvalue weighted by Gasteiger charge is -2.06. The molecule has 0 radical (unpaired) electrons. The van der Waals surface area contributed by atoms with Gasteiger partial charge in [0.05, 0.1) is 12.6 Å². The number of imidazole rings is 1. The van der Waals surface area contributed by atoms with Crippen molar-refractivity contribution >= 4 is 0 Å². The van der Waals surface area contributed by atoms with Gasteiger partial charge in [0.1, 0.15) is 12.4 Å². The van der Waals surface area contributed by atoms with Gasteiger partial charge in [-0.3, -0.25) is 0 Å². The van der Waals surface area contributed by atoms with Crippen molar-refractivity contribution in [2.75, 3.05) is 0 Å². The van der Waals surface area contributed by atoms with Crippen molar-refractivity contribution in [2.24, 2.45) is 0 Å². The molecule has 1 rings (SSSR count). The smallest absolute Gasteiger partial charge is 0.235 e. The Morgan fingerprint density at radius 2 is 2.07 bits per heavy atom. The van der Waals surface area contributed by atoms with E-state index in [0.29, 0.717) is 6.04 Å². The molecule has 0 unspecified atom stereocenters. The summed E-state index contributed by atoms with van der Waals surface area (Å²) in [5, 5.41) is 0. The number of hydrogen-bond acceptors (Lipinski definition) is 0. The molecule has 0 amide bonds. The van der Waals surface area contributed by atoms with Crippen LogP contribution in [0.5, 0.6) is 0 Å². The Bertz CT molecular complexity index is 274. The van der Waals surface area contributed by atoms with Crippen molar-refractivity contribution in [1.29, 1.82) is 0 Å². The van der Waals surface area contributed by atoms with Crippen LogP contribution in [0.1, 0.15) is 52.4 Å². The molecule has 0 aromatic carbocycles. The maximum absolute atomic E-state index is 2.39. The van der Waals surface area contributed by atoms with Crippen molar-refractivity contribution < 1.29 is 4.57 Å². The predicted octanol–water partition coefficient (Wildman–Crippen LogP) is 2.72. The molecule has 80 valence electrons. The van der Waals surface area contributed by atoms with Crippen molar-refractivity contribution in [3.05, 3.63) is 18.2 Å². The summed E-state index contributed by atoms with van der Waals surface area (Å²) < 4.78 is 4.74. The van der Waals surface area contributed by atoms with Gasteiger partial charge in [0.2, 0.25) is 0 Å². The van der Waals surface area contributed by atoms with Gasteiger partial charge in [-0.1, -0.05) is 13.3 Å². The summed E-state index contributed by atoms with van der Waals surface area (Å²) in [6, 6.07) is 0.578. The lowest BCUT2D eigenvalue weighted by atomic mass is 10.2. The molecule has 0 fully saturated rings. The quantitative estimate of drug-likeness (QED) is 0.639. The van der Waals surface area contributed by atoms with Gasteiger partial charge < -0.3 is 0 Å². The van der Waals surface area contributed by atoms with E-state index in [1.54, 1.807) is 0 Å². The van der Waals surface area contributed by atoms with Crippen LogP contribution in [0, 0.1) is 0 Å². The second kappa shape index (κ2) is 5.18. The van der Waals surface area contributed by atoms with E-state index in [0.717, 1.165) is 6.54 Å². The summed E-state index contributed by atoms with van der Waals surface area (Å²) >= 11 is 0. The van der Waals surface area contributed by atoms with Gasteiger partial charge in [-0.25, -0.2) is 9.13 Å². The molecule has 0 saturated carbocycles. The van der Waals surface area contributed by atoms with Crippen LogP contribution in [-0.4, -0.2) is 4.57 Å². The summed E-state index contributed by atoms with van der Waals surface area (Å²) in [7, 11) is 0. The first-order chi connectivity index (χ1) is 6.70. The third-order valence-electron chi connectivity index (χ3n) is 2.69. The molecule has 0 aliphatic heterocycles. The van der Waals surface area contributed by atoms with Gasteiger partial charge in [-0.05, 0) is 27.2 Å². The van der Waals surface area contributed by atoms with Crippen LogP contribution in [0.15, 0.2) is 12.4 Å². The van der Waals surface area contributed by atoms with Crippen LogP contribution in [0.2, 0.25) is 0 Å². The Labute approximate surface area is 87.6 Å². The highest BCUT2D eigenvalue weighted by molar-refractivity contribution is 4.86. The van der Waals surface area contributed by atoms with E-state index in [2.05, 4.69) is 49.2 Å². The fourth-order valence-corrected chi connectivity index (χ4v) is 1.84. The Balaban J connectivity index is 2.88. The summed E-state index contributed by atoms with van der Waals surface area (Å²) in [5.74, 6) is 1.48. The Hall–Kier alpha value is -0.790. The Kier molecular flexibility index (Phi) is 4.18. The third-order valence-corrected chi connectivity index (χ3v) is 2.69. The minimum Gasteiger partial charge on any atom is -0.235 e. The number of aryl methyl sites for hydroxylation is 1. The highest BCUT2D eigenvalue weighted by Crippen LogP contribution is 2.09. The molecule has 2 heteroatoms. The molecule has 0 bridgehead atoms. The molecule has 0 atom stereocenters. The highest BCUT2D eigenvalue weighted by Gasteiger charge is 2.17. The Morgan fingerprint density at radius 1 is 1.36 bits per heavy atom. The zero-order valence-electron chi connectivity index (χ0n) is 9.95. The third kappa shape index (κ3) is 2.37. The standard InChI is InChI=1S/C12H23N2/c1-5-7-8-12-13(6-2)9-10-14(12)11(3)4/h9-11H,5-8H2,1-4H3/q+1. The molecular formula is C12H23N2+. The largest absolute Gasteiger partial charge is 0.256 e. The monoisotopic (exact) mass is 195 g/mol. The topological polar surface area (TPSA) is 8.81 Å². The molecule has 2 nitrogen and oxygen atoms in total. The summed E-state index contributed by atoms with van der Waals surface area (Å²) in [6.45, 7) is 10.0. The number of nitrogens with zero attached hydrogens (tertiary/aromatic N) is 2. The second-order valence-electron chi connectivity index (χ2n) is 4.10. The zero-order chi connectivity index (χ0) is 10.6. The molecule has 0 N–H and O–H groups in total. The van der Waals surface area contributed by atoms with E-state index < -0.39 is 0 Å². The van der Waals surface area contributed by atoms with Crippen molar-refractivity contribution in [2.45, 2.75) is 59.5 Å². The molecule has 1 aromatic rings. The van der Waals surface area contributed by atoms with Crippen molar-refractivity contribution in [1.82, 2.24) is 4.57 Å². The summed E-state index contributed by atoms with van der Waals surface area (Å²) in [5.41, 5.74) is 0. The van der Waals surface area contributed by atoms with Crippen LogP contribution in [0.3, 0.4) is 0 Å². The molecule has 0 aliphatic carbocycles. The van der Waals surface area contributed by atoms with Gasteiger partial charge >= 0.3 is 0 Å². The molecule has 14 heavy (non-hydrogen) atoms. The number of hydrogen-bond donors (Lipinski definition) is 0. The molecule has 1 heterocycles.